The first-order valence-corrected chi connectivity index (χ1v) is 5.28. The topological polar surface area (TPSA) is 57.5 Å². The molecule has 2 N–H and O–H groups in total. The number of carbonyl (C=O) groups is 1. The molecule has 2 aromatic rings. The minimum Gasteiger partial charge on any atom is -0.507 e. The zero-order chi connectivity index (χ0) is 12.4. The van der Waals surface area contributed by atoms with E-state index in [0.717, 1.165) is 0 Å². The second-order valence-electron chi connectivity index (χ2n) is 3.52. The number of phenols is 1. The second-order valence-corrected chi connectivity index (χ2v) is 3.92. The number of halogens is 1. The van der Waals surface area contributed by atoms with E-state index < -0.39 is 5.97 Å². The molecule has 0 aliphatic heterocycles. The summed E-state index contributed by atoms with van der Waals surface area (Å²) in [5.41, 5.74) is 1.21. The number of rotatable bonds is 2. The van der Waals surface area contributed by atoms with Crippen molar-refractivity contribution in [1.82, 2.24) is 0 Å². The van der Waals surface area contributed by atoms with Crippen LogP contribution >= 0.6 is 11.6 Å². The minimum absolute atomic E-state index is 0.0208. The van der Waals surface area contributed by atoms with Gasteiger partial charge in [-0.15, -0.1) is 0 Å². The summed E-state index contributed by atoms with van der Waals surface area (Å²) >= 11 is 5.78. The van der Waals surface area contributed by atoms with E-state index in [1.54, 1.807) is 30.3 Å². The van der Waals surface area contributed by atoms with Crippen LogP contribution in [0.4, 0.5) is 0 Å². The smallest absolute Gasteiger partial charge is 0.337 e. The van der Waals surface area contributed by atoms with Crippen molar-refractivity contribution in [3.63, 3.8) is 0 Å². The number of phenolic OH excluding ortho intramolecular Hbond substituents is 1. The van der Waals surface area contributed by atoms with Crippen molar-refractivity contribution in [1.29, 1.82) is 0 Å². The summed E-state index contributed by atoms with van der Waals surface area (Å²) in [5.74, 6) is -0.988. The summed E-state index contributed by atoms with van der Waals surface area (Å²) in [6.07, 6.45) is 0. The van der Waals surface area contributed by atoms with Crippen LogP contribution in [0.3, 0.4) is 0 Å². The molecule has 86 valence electrons. The highest BCUT2D eigenvalue weighted by Gasteiger charge is 2.11. The monoisotopic (exact) mass is 248 g/mol. The maximum absolute atomic E-state index is 10.9. The SMILES string of the molecule is O=C(O)c1cc(-c2ccccc2O)ccc1Cl. The van der Waals surface area contributed by atoms with E-state index in [2.05, 4.69) is 0 Å². The first kappa shape index (κ1) is 11.5. The Balaban J connectivity index is 2.58. The zero-order valence-corrected chi connectivity index (χ0v) is 9.48. The Labute approximate surface area is 103 Å². The average Bonchev–Trinajstić information content (AvgIpc) is 2.30. The highest BCUT2D eigenvalue weighted by atomic mass is 35.5. The number of hydrogen-bond donors (Lipinski definition) is 2. The van der Waals surface area contributed by atoms with Crippen molar-refractivity contribution in [2.45, 2.75) is 0 Å². The van der Waals surface area contributed by atoms with E-state index in [-0.39, 0.29) is 16.3 Å². The Morgan fingerprint density at radius 2 is 1.82 bits per heavy atom. The van der Waals surface area contributed by atoms with Crippen molar-refractivity contribution in [3.05, 3.63) is 53.1 Å². The molecule has 3 nitrogen and oxygen atoms in total. The maximum Gasteiger partial charge on any atom is 0.337 e. The highest BCUT2D eigenvalue weighted by molar-refractivity contribution is 6.33. The minimum atomic E-state index is -1.09. The van der Waals surface area contributed by atoms with Crippen LogP contribution < -0.4 is 0 Å². The molecule has 0 fully saturated rings. The number of carboxylic acid groups (broad SMARTS) is 1. The summed E-state index contributed by atoms with van der Waals surface area (Å²) in [4.78, 5) is 10.9. The lowest BCUT2D eigenvalue weighted by atomic mass is 10.0. The van der Waals surface area contributed by atoms with Gasteiger partial charge in [-0.2, -0.15) is 0 Å². The molecule has 17 heavy (non-hydrogen) atoms. The Hall–Kier alpha value is -2.00. The molecule has 0 radical (unpaired) electrons. The molecule has 0 spiro atoms. The fraction of sp³-hybridized carbons (Fsp3) is 0. The van der Waals surface area contributed by atoms with Gasteiger partial charge >= 0.3 is 5.97 Å². The fourth-order valence-corrected chi connectivity index (χ4v) is 1.77. The Morgan fingerprint density at radius 1 is 1.12 bits per heavy atom. The van der Waals surface area contributed by atoms with Crippen LogP contribution in [0, 0.1) is 0 Å². The number of carboxylic acids is 1. The van der Waals surface area contributed by atoms with Gasteiger partial charge in [0.2, 0.25) is 0 Å². The Kier molecular flexibility index (Phi) is 3.02. The molecule has 0 saturated heterocycles. The van der Waals surface area contributed by atoms with Crippen LogP contribution in [0.15, 0.2) is 42.5 Å². The molecule has 0 aliphatic carbocycles. The predicted molar refractivity (Wildman–Crippen MR) is 65.5 cm³/mol. The molecule has 0 heterocycles. The van der Waals surface area contributed by atoms with Crippen LogP contribution in [0.2, 0.25) is 5.02 Å². The quantitative estimate of drug-likeness (QED) is 0.856. The van der Waals surface area contributed by atoms with Gasteiger partial charge in [0.1, 0.15) is 5.75 Å². The summed E-state index contributed by atoms with van der Waals surface area (Å²) in [5, 5.41) is 18.8. The lowest BCUT2D eigenvalue weighted by Gasteiger charge is -2.06. The van der Waals surface area contributed by atoms with Gasteiger partial charge in [0.05, 0.1) is 10.6 Å². The van der Waals surface area contributed by atoms with E-state index in [1.165, 1.54) is 12.1 Å². The van der Waals surface area contributed by atoms with Crippen molar-refractivity contribution >= 4 is 17.6 Å². The second kappa shape index (κ2) is 4.47. The molecule has 0 bridgehead atoms. The van der Waals surface area contributed by atoms with E-state index in [9.17, 15) is 9.90 Å². The van der Waals surface area contributed by atoms with Crippen LogP contribution in [0.1, 0.15) is 10.4 Å². The number of benzene rings is 2. The molecule has 0 aromatic heterocycles. The van der Waals surface area contributed by atoms with Crippen LogP contribution in [-0.2, 0) is 0 Å². The van der Waals surface area contributed by atoms with E-state index in [1.807, 2.05) is 0 Å². The predicted octanol–water partition coefficient (Wildman–Crippen LogP) is 3.41. The number of hydrogen-bond acceptors (Lipinski definition) is 2. The third-order valence-electron chi connectivity index (χ3n) is 2.41. The first-order chi connectivity index (χ1) is 8.09. The van der Waals surface area contributed by atoms with Crippen molar-refractivity contribution in [2.24, 2.45) is 0 Å². The molecule has 0 aliphatic rings. The molecule has 4 heteroatoms. The Bertz CT molecular complexity index is 579. The molecule has 0 amide bonds. The highest BCUT2D eigenvalue weighted by Crippen LogP contribution is 2.31. The van der Waals surface area contributed by atoms with E-state index in [0.29, 0.717) is 11.1 Å². The number of aromatic hydroxyl groups is 1. The van der Waals surface area contributed by atoms with Gasteiger partial charge in [-0.3, -0.25) is 0 Å². The van der Waals surface area contributed by atoms with E-state index in [4.69, 9.17) is 16.7 Å². The third-order valence-corrected chi connectivity index (χ3v) is 2.74. The van der Waals surface area contributed by atoms with Gasteiger partial charge < -0.3 is 10.2 Å². The summed E-state index contributed by atoms with van der Waals surface area (Å²) in [6, 6.07) is 11.3. The van der Waals surface area contributed by atoms with Gasteiger partial charge in [-0.25, -0.2) is 4.79 Å². The van der Waals surface area contributed by atoms with Gasteiger partial charge in [-0.05, 0) is 23.8 Å². The van der Waals surface area contributed by atoms with Crippen molar-refractivity contribution < 1.29 is 15.0 Å². The van der Waals surface area contributed by atoms with Gasteiger partial charge in [0, 0.05) is 5.56 Å². The molecular weight excluding hydrogens is 240 g/mol. The van der Waals surface area contributed by atoms with Crippen molar-refractivity contribution in [2.75, 3.05) is 0 Å². The first-order valence-electron chi connectivity index (χ1n) is 4.91. The molecule has 2 rings (SSSR count). The van der Waals surface area contributed by atoms with Crippen LogP contribution in [0.25, 0.3) is 11.1 Å². The lowest BCUT2D eigenvalue weighted by Crippen LogP contribution is -1.97. The van der Waals surface area contributed by atoms with Crippen LogP contribution in [0.5, 0.6) is 5.75 Å². The number of para-hydroxylation sites is 1. The Morgan fingerprint density at radius 3 is 2.47 bits per heavy atom. The molecule has 0 atom stereocenters. The number of aromatic carboxylic acids is 1. The normalized spacial score (nSPS) is 10.2. The largest absolute Gasteiger partial charge is 0.507 e. The summed E-state index contributed by atoms with van der Waals surface area (Å²) in [7, 11) is 0. The third kappa shape index (κ3) is 2.24. The zero-order valence-electron chi connectivity index (χ0n) is 8.72. The maximum atomic E-state index is 10.9. The van der Waals surface area contributed by atoms with Gasteiger partial charge in [0.25, 0.3) is 0 Å². The molecular formula is C13H9ClO3. The molecule has 0 unspecified atom stereocenters. The standard InChI is InChI=1S/C13H9ClO3/c14-11-6-5-8(7-10(11)13(16)17)9-3-1-2-4-12(9)15/h1-7,15H,(H,16,17). The molecule has 0 saturated carbocycles. The summed E-state index contributed by atoms with van der Waals surface area (Å²) < 4.78 is 0. The van der Waals surface area contributed by atoms with Gasteiger partial charge in [0.15, 0.2) is 0 Å². The summed E-state index contributed by atoms with van der Waals surface area (Å²) in [6.45, 7) is 0. The lowest BCUT2D eigenvalue weighted by molar-refractivity contribution is 0.0697. The van der Waals surface area contributed by atoms with E-state index >= 15 is 0 Å². The fourth-order valence-electron chi connectivity index (χ4n) is 1.57. The molecule has 2 aromatic carbocycles. The van der Waals surface area contributed by atoms with Gasteiger partial charge in [-0.1, -0.05) is 35.9 Å². The van der Waals surface area contributed by atoms with Crippen LogP contribution in [-0.4, -0.2) is 16.2 Å². The average molecular weight is 249 g/mol. The van der Waals surface area contributed by atoms with Crippen molar-refractivity contribution in [3.8, 4) is 16.9 Å².